The lowest BCUT2D eigenvalue weighted by atomic mass is 10.1. The maximum Gasteiger partial charge on any atom is 0.0724 e. The van der Waals surface area contributed by atoms with Gasteiger partial charge in [-0.25, -0.2) is 0 Å². The Kier molecular flexibility index (Phi) is 3.71. The number of nitrogen functional groups attached to an aromatic ring is 1. The number of pyridine rings is 1. The fraction of sp³-hybridized carbons (Fsp3) is 0.118. The monoisotopic (exact) mass is 279 g/mol. The number of hydrogen-bond acceptors (Lipinski definition) is 4. The van der Waals surface area contributed by atoms with Gasteiger partial charge in [0.15, 0.2) is 0 Å². The number of hydrogen-bond donors (Lipinski definition) is 3. The third-order valence-corrected chi connectivity index (χ3v) is 3.48. The first kappa shape index (κ1) is 13.4. The average Bonchev–Trinajstić information content (AvgIpc) is 2.55. The summed E-state index contributed by atoms with van der Waals surface area (Å²) in [5.74, 6) is 0. The van der Waals surface area contributed by atoms with E-state index in [0.717, 1.165) is 27.7 Å². The molecular formula is C17H17N3O. The molecule has 0 bridgehead atoms. The van der Waals surface area contributed by atoms with Gasteiger partial charge in [-0.3, -0.25) is 4.98 Å². The standard InChI is InChI=1S/C17H17N3O/c18-17-14-5-2-8-19-15(14)6-7-16(17)20-10-12-3-1-4-13(9-12)11-21/h1-9,20-21H,10-11,18H2. The molecule has 0 atom stereocenters. The summed E-state index contributed by atoms with van der Waals surface area (Å²) in [5, 5.41) is 13.5. The minimum atomic E-state index is 0.0532. The Morgan fingerprint density at radius 3 is 2.76 bits per heavy atom. The van der Waals surface area contributed by atoms with Crippen LogP contribution >= 0.6 is 0 Å². The third kappa shape index (κ3) is 2.80. The molecular weight excluding hydrogens is 262 g/mol. The molecule has 4 heteroatoms. The van der Waals surface area contributed by atoms with Crippen LogP contribution in [0.2, 0.25) is 0 Å². The number of aliphatic hydroxyl groups is 1. The van der Waals surface area contributed by atoms with E-state index in [1.165, 1.54) is 0 Å². The van der Waals surface area contributed by atoms with E-state index in [9.17, 15) is 0 Å². The Bertz CT molecular complexity index is 771. The lowest BCUT2D eigenvalue weighted by molar-refractivity contribution is 0.281. The molecule has 0 radical (unpaired) electrons. The first-order chi connectivity index (χ1) is 10.3. The molecule has 0 aliphatic carbocycles. The number of benzene rings is 2. The van der Waals surface area contributed by atoms with Gasteiger partial charge in [0.2, 0.25) is 0 Å². The molecule has 4 N–H and O–H groups in total. The summed E-state index contributed by atoms with van der Waals surface area (Å²) >= 11 is 0. The topological polar surface area (TPSA) is 71.2 Å². The molecule has 0 unspecified atom stereocenters. The summed E-state index contributed by atoms with van der Waals surface area (Å²) in [6.45, 7) is 0.710. The quantitative estimate of drug-likeness (QED) is 0.642. The van der Waals surface area contributed by atoms with E-state index in [1.807, 2.05) is 48.5 Å². The van der Waals surface area contributed by atoms with Crippen molar-refractivity contribution in [3.63, 3.8) is 0 Å². The van der Waals surface area contributed by atoms with Gasteiger partial charge in [0, 0.05) is 18.1 Å². The second-order valence-corrected chi connectivity index (χ2v) is 4.93. The van der Waals surface area contributed by atoms with E-state index in [4.69, 9.17) is 10.8 Å². The summed E-state index contributed by atoms with van der Waals surface area (Å²) < 4.78 is 0. The molecule has 3 aromatic rings. The number of nitrogens with zero attached hydrogens (tertiary/aromatic N) is 1. The van der Waals surface area contributed by atoms with Gasteiger partial charge in [-0.2, -0.15) is 0 Å². The molecule has 0 saturated heterocycles. The van der Waals surface area contributed by atoms with Gasteiger partial charge in [-0.1, -0.05) is 24.3 Å². The van der Waals surface area contributed by atoms with Crippen LogP contribution < -0.4 is 11.1 Å². The van der Waals surface area contributed by atoms with E-state index >= 15 is 0 Å². The van der Waals surface area contributed by atoms with Gasteiger partial charge < -0.3 is 16.2 Å². The van der Waals surface area contributed by atoms with E-state index in [-0.39, 0.29) is 6.61 Å². The van der Waals surface area contributed by atoms with Crippen molar-refractivity contribution in [2.75, 3.05) is 11.1 Å². The zero-order chi connectivity index (χ0) is 14.7. The Hall–Kier alpha value is -2.59. The number of rotatable bonds is 4. The van der Waals surface area contributed by atoms with Crippen LogP contribution in [0.1, 0.15) is 11.1 Å². The molecule has 2 aromatic carbocycles. The van der Waals surface area contributed by atoms with Crippen molar-refractivity contribution in [2.45, 2.75) is 13.2 Å². The Labute approximate surface area is 123 Å². The van der Waals surface area contributed by atoms with Crippen LogP contribution in [0.4, 0.5) is 11.4 Å². The van der Waals surface area contributed by atoms with Crippen molar-refractivity contribution in [3.05, 3.63) is 65.9 Å². The van der Waals surface area contributed by atoms with E-state index in [1.54, 1.807) is 6.20 Å². The van der Waals surface area contributed by atoms with Gasteiger partial charge in [-0.05, 0) is 35.4 Å². The second-order valence-electron chi connectivity index (χ2n) is 4.93. The highest BCUT2D eigenvalue weighted by Crippen LogP contribution is 2.27. The fourth-order valence-electron chi connectivity index (χ4n) is 2.36. The summed E-state index contributed by atoms with van der Waals surface area (Å²) in [4.78, 5) is 4.29. The molecule has 3 rings (SSSR count). The number of fused-ring (bicyclic) bond motifs is 1. The van der Waals surface area contributed by atoms with E-state index < -0.39 is 0 Å². The minimum Gasteiger partial charge on any atom is -0.397 e. The van der Waals surface area contributed by atoms with Crippen molar-refractivity contribution in [2.24, 2.45) is 0 Å². The summed E-state index contributed by atoms with van der Waals surface area (Å²) in [7, 11) is 0. The van der Waals surface area contributed by atoms with Crippen LogP contribution in [0.15, 0.2) is 54.7 Å². The van der Waals surface area contributed by atoms with Gasteiger partial charge in [0.1, 0.15) is 0 Å². The van der Waals surface area contributed by atoms with E-state index in [2.05, 4.69) is 10.3 Å². The maximum atomic E-state index is 9.16. The van der Waals surface area contributed by atoms with Gasteiger partial charge in [0.25, 0.3) is 0 Å². The molecule has 1 aromatic heterocycles. The molecule has 0 saturated carbocycles. The first-order valence-corrected chi connectivity index (χ1v) is 6.83. The van der Waals surface area contributed by atoms with Crippen LogP contribution in [-0.4, -0.2) is 10.1 Å². The lowest BCUT2D eigenvalue weighted by Gasteiger charge is -2.12. The number of nitrogens with two attached hydrogens (primary N) is 1. The van der Waals surface area contributed by atoms with Crippen LogP contribution in [0, 0.1) is 0 Å². The van der Waals surface area contributed by atoms with Crippen LogP contribution in [-0.2, 0) is 13.2 Å². The summed E-state index contributed by atoms with van der Waals surface area (Å²) in [5.41, 5.74) is 10.7. The maximum absolute atomic E-state index is 9.16. The number of anilines is 2. The molecule has 0 fully saturated rings. The molecule has 0 spiro atoms. The second kappa shape index (κ2) is 5.81. The van der Waals surface area contributed by atoms with Crippen molar-refractivity contribution in [1.82, 2.24) is 4.98 Å². The molecule has 4 nitrogen and oxygen atoms in total. The summed E-state index contributed by atoms with van der Waals surface area (Å²) in [6, 6.07) is 15.6. The SMILES string of the molecule is Nc1c(NCc2cccc(CO)c2)ccc2ncccc12. The average molecular weight is 279 g/mol. The molecule has 106 valence electrons. The lowest BCUT2D eigenvalue weighted by Crippen LogP contribution is -2.03. The predicted molar refractivity (Wildman–Crippen MR) is 85.8 cm³/mol. The Balaban J connectivity index is 1.83. The number of aliphatic hydroxyl groups excluding tert-OH is 1. The van der Waals surface area contributed by atoms with Crippen LogP contribution in [0.25, 0.3) is 10.9 Å². The Morgan fingerprint density at radius 2 is 1.90 bits per heavy atom. The molecule has 1 heterocycles. The van der Waals surface area contributed by atoms with Gasteiger partial charge in [0.05, 0.1) is 23.5 Å². The van der Waals surface area contributed by atoms with Crippen LogP contribution in [0.3, 0.4) is 0 Å². The first-order valence-electron chi connectivity index (χ1n) is 6.83. The van der Waals surface area contributed by atoms with Gasteiger partial charge in [-0.15, -0.1) is 0 Å². The highest BCUT2D eigenvalue weighted by atomic mass is 16.3. The van der Waals surface area contributed by atoms with E-state index in [0.29, 0.717) is 12.2 Å². The van der Waals surface area contributed by atoms with Crippen molar-refractivity contribution in [3.8, 4) is 0 Å². The Morgan fingerprint density at radius 1 is 1.05 bits per heavy atom. The number of aromatic nitrogens is 1. The number of nitrogens with one attached hydrogen (secondary N) is 1. The molecule has 21 heavy (non-hydrogen) atoms. The third-order valence-electron chi connectivity index (χ3n) is 3.48. The molecule has 0 aliphatic rings. The zero-order valence-corrected chi connectivity index (χ0v) is 11.6. The minimum absolute atomic E-state index is 0.0532. The predicted octanol–water partition coefficient (Wildman–Crippen LogP) is 2.92. The highest BCUT2D eigenvalue weighted by Gasteiger charge is 2.04. The van der Waals surface area contributed by atoms with Crippen molar-refractivity contribution >= 4 is 22.3 Å². The molecule has 0 aliphatic heterocycles. The van der Waals surface area contributed by atoms with Crippen molar-refractivity contribution < 1.29 is 5.11 Å². The van der Waals surface area contributed by atoms with Gasteiger partial charge >= 0.3 is 0 Å². The normalized spacial score (nSPS) is 10.7. The zero-order valence-electron chi connectivity index (χ0n) is 11.6. The smallest absolute Gasteiger partial charge is 0.0724 e. The van der Waals surface area contributed by atoms with Crippen molar-refractivity contribution in [1.29, 1.82) is 0 Å². The summed E-state index contributed by atoms with van der Waals surface area (Å²) in [6.07, 6.45) is 1.76. The highest BCUT2D eigenvalue weighted by molar-refractivity contribution is 5.96. The fourth-order valence-corrected chi connectivity index (χ4v) is 2.36. The molecule has 0 amide bonds. The van der Waals surface area contributed by atoms with Crippen LogP contribution in [0.5, 0.6) is 0 Å². The largest absolute Gasteiger partial charge is 0.397 e.